The lowest BCUT2D eigenvalue weighted by molar-refractivity contribution is 0.105. The molecule has 54 heavy (non-hydrogen) atoms. The maximum Gasteiger partial charge on any atom is 0.309 e. The van der Waals surface area contributed by atoms with E-state index in [-0.39, 0.29) is 5.76 Å². The molecule has 1 atom stereocenters. The van der Waals surface area contributed by atoms with Gasteiger partial charge in [-0.15, -0.1) is 0 Å². The van der Waals surface area contributed by atoms with Crippen molar-refractivity contribution in [1.82, 2.24) is 0 Å². The normalized spacial score (nSPS) is 15.1. The first-order valence-corrected chi connectivity index (χ1v) is 18.5. The number of rotatable bonds is 10. The molecule has 0 bridgehead atoms. The highest BCUT2D eigenvalue weighted by Crippen LogP contribution is 2.57. The highest BCUT2D eigenvalue weighted by Gasteiger charge is 2.46. The van der Waals surface area contributed by atoms with Crippen LogP contribution in [-0.4, -0.2) is 18.2 Å². The molecule has 1 aliphatic rings. The first-order valence-electron chi connectivity index (χ1n) is 18.5. The number of aliphatic hydroxyl groups excluding tert-OH is 1. The number of hydrogen-bond donors (Lipinski definition) is 1. The number of allylic oxidation sites excluding steroid dienone is 2. The summed E-state index contributed by atoms with van der Waals surface area (Å²) in [7, 11) is 0.348. The Balaban J connectivity index is 1.36. The molecule has 7 aromatic carbocycles. The third kappa shape index (κ3) is 6.11. The van der Waals surface area contributed by atoms with E-state index in [2.05, 4.69) is 184 Å². The van der Waals surface area contributed by atoms with Gasteiger partial charge in [-0.05, 0) is 123 Å². The molecule has 0 saturated carbocycles. The summed E-state index contributed by atoms with van der Waals surface area (Å²) in [4.78, 5) is 0. The topological polar surface area (TPSA) is 29.5 Å². The van der Waals surface area contributed by atoms with E-state index in [0.717, 1.165) is 16.6 Å². The van der Waals surface area contributed by atoms with Crippen molar-refractivity contribution in [1.29, 1.82) is 0 Å². The van der Waals surface area contributed by atoms with E-state index in [9.17, 15) is 5.11 Å². The molecule has 0 aromatic heterocycles. The van der Waals surface area contributed by atoms with Gasteiger partial charge >= 0.3 is 7.48 Å². The average Bonchev–Trinajstić information content (AvgIpc) is 3.49. The van der Waals surface area contributed by atoms with Crippen LogP contribution >= 0.6 is 0 Å². The SMILES string of the molecule is C=C/C(=C\c1ccccc1C)c1ccc2c(c1)C(c1ccccc1)(c1ccc(BOC(C)(C)C(=C)O)cc1)c1cc(-c3ccc4ccccc4c3)ccc1-2. The van der Waals surface area contributed by atoms with Crippen LogP contribution in [0.25, 0.3) is 44.7 Å². The molecular weight excluding hydrogens is 655 g/mol. The number of hydrogen-bond acceptors (Lipinski definition) is 2. The summed E-state index contributed by atoms with van der Waals surface area (Å²) in [6.07, 6.45) is 4.21. The zero-order chi connectivity index (χ0) is 37.5. The second-order valence-electron chi connectivity index (χ2n) is 14.8. The van der Waals surface area contributed by atoms with Gasteiger partial charge in [0.15, 0.2) is 0 Å². The van der Waals surface area contributed by atoms with Crippen LogP contribution in [0.5, 0.6) is 0 Å². The summed E-state index contributed by atoms with van der Waals surface area (Å²) >= 11 is 0. The van der Waals surface area contributed by atoms with Gasteiger partial charge in [-0.1, -0.05) is 164 Å². The van der Waals surface area contributed by atoms with Crippen molar-refractivity contribution >= 4 is 35.4 Å². The summed E-state index contributed by atoms with van der Waals surface area (Å²) < 4.78 is 6.11. The van der Waals surface area contributed by atoms with Gasteiger partial charge in [0, 0.05) is 0 Å². The van der Waals surface area contributed by atoms with E-state index in [0.29, 0.717) is 7.48 Å². The monoisotopic (exact) mass is 698 g/mol. The quantitative estimate of drug-likeness (QED) is 0.0667. The molecule has 0 heterocycles. The van der Waals surface area contributed by atoms with Crippen molar-refractivity contribution in [3.05, 3.63) is 222 Å². The fourth-order valence-corrected chi connectivity index (χ4v) is 7.90. The van der Waals surface area contributed by atoms with Crippen LogP contribution < -0.4 is 5.46 Å². The minimum atomic E-state index is -0.850. The van der Waals surface area contributed by atoms with E-state index >= 15 is 0 Å². The summed E-state index contributed by atoms with van der Waals surface area (Å²) in [5.74, 6) is 0.00899. The minimum absolute atomic E-state index is 0.00899. The molecule has 8 rings (SSSR count). The van der Waals surface area contributed by atoms with E-state index in [1.807, 2.05) is 19.9 Å². The number of benzene rings is 7. The van der Waals surface area contributed by atoms with Crippen LogP contribution in [0.1, 0.15) is 52.8 Å². The van der Waals surface area contributed by atoms with E-state index in [4.69, 9.17) is 4.65 Å². The first-order chi connectivity index (χ1) is 26.2. The fourth-order valence-electron chi connectivity index (χ4n) is 7.90. The molecule has 0 aliphatic heterocycles. The number of fused-ring (bicyclic) bond motifs is 4. The Morgan fingerprint density at radius 2 is 1.28 bits per heavy atom. The second kappa shape index (κ2) is 14.0. The van der Waals surface area contributed by atoms with Gasteiger partial charge in [0.1, 0.15) is 11.4 Å². The standard InChI is InChI=1S/C51H43BO2/c1-6-36(30-38-16-11-10-14-34(38)2)41-22-28-46-47-29-23-42(40-21-20-37-15-12-13-17-39(37)31-40)33-49(47)51(48(46)32-41,43-18-8-7-9-19-43)44-24-26-45(27-25-44)52-54-50(4,5)35(3)53/h6-33,52-53H,1,3H2,2,4-5H3/b36-30+. The first kappa shape index (κ1) is 34.9. The van der Waals surface area contributed by atoms with Crippen LogP contribution in [0.15, 0.2) is 183 Å². The van der Waals surface area contributed by atoms with Crippen molar-refractivity contribution in [3.8, 4) is 22.3 Å². The van der Waals surface area contributed by atoms with Crippen molar-refractivity contribution in [2.24, 2.45) is 0 Å². The minimum Gasteiger partial charge on any atom is -0.510 e. The lowest BCUT2D eigenvalue weighted by Gasteiger charge is -2.34. The van der Waals surface area contributed by atoms with Crippen molar-refractivity contribution in [2.45, 2.75) is 31.8 Å². The predicted molar refractivity (Wildman–Crippen MR) is 230 cm³/mol. The summed E-state index contributed by atoms with van der Waals surface area (Å²) in [5, 5.41) is 12.5. The van der Waals surface area contributed by atoms with Crippen LogP contribution in [-0.2, 0) is 10.1 Å². The van der Waals surface area contributed by atoms with Crippen molar-refractivity contribution in [2.75, 3.05) is 0 Å². The molecule has 1 unspecified atom stereocenters. The largest absolute Gasteiger partial charge is 0.510 e. The maximum absolute atomic E-state index is 10.1. The zero-order valence-electron chi connectivity index (χ0n) is 31.1. The van der Waals surface area contributed by atoms with Crippen molar-refractivity contribution < 1.29 is 9.76 Å². The Kier molecular flexibility index (Phi) is 9.05. The van der Waals surface area contributed by atoms with Crippen molar-refractivity contribution in [3.63, 3.8) is 0 Å². The van der Waals surface area contributed by atoms with Crippen LogP contribution in [0.3, 0.4) is 0 Å². The Labute approximate surface area is 319 Å². The zero-order valence-corrected chi connectivity index (χ0v) is 31.1. The van der Waals surface area contributed by atoms with Gasteiger partial charge in [-0.2, -0.15) is 0 Å². The molecule has 3 heteroatoms. The van der Waals surface area contributed by atoms with Crippen LogP contribution in [0.2, 0.25) is 0 Å². The summed E-state index contributed by atoms with van der Waals surface area (Å²) in [5.41, 5.74) is 13.8. The molecule has 0 radical (unpaired) electrons. The number of aliphatic hydroxyl groups is 1. The second-order valence-corrected chi connectivity index (χ2v) is 14.8. The molecule has 2 nitrogen and oxygen atoms in total. The molecule has 0 saturated heterocycles. The molecular formula is C51H43BO2. The van der Waals surface area contributed by atoms with Crippen LogP contribution in [0.4, 0.5) is 0 Å². The Morgan fingerprint density at radius 1 is 0.667 bits per heavy atom. The molecule has 0 fully saturated rings. The third-order valence-corrected chi connectivity index (χ3v) is 11.2. The summed E-state index contributed by atoms with van der Waals surface area (Å²) in [6, 6.07) is 57.4. The summed E-state index contributed by atoms with van der Waals surface area (Å²) in [6.45, 7) is 13.8. The molecule has 0 amide bonds. The van der Waals surface area contributed by atoms with Gasteiger partial charge in [-0.25, -0.2) is 0 Å². The van der Waals surface area contributed by atoms with E-state index in [1.165, 1.54) is 66.4 Å². The molecule has 1 N–H and O–H groups in total. The molecule has 0 spiro atoms. The molecule has 7 aromatic rings. The molecule has 262 valence electrons. The van der Waals surface area contributed by atoms with Crippen LogP contribution in [0, 0.1) is 6.92 Å². The maximum atomic E-state index is 10.1. The van der Waals surface area contributed by atoms with Gasteiger partial charge < -0.3 is 9.76 Å². The Bertz CT molecular complexity index is 2580. The lowest BCUT2D eigenvalue weighted by Crippen LogP contribution is -2.33. The molecule has 1 aliphatic carbocycles. The van der Waals surface area contributed by atoms with Gasteiger partial charge in [-0.3, -0.25) is 0 Å². The Hall–Kier alpha value is -6.16. The van der Waals surface area contributed by atoms with Gasteiger partial charge in [0.2, 0.25) is 0 Å². The smallest absolute Gasteiger partial charge is 0.309 e. The van der Waals surface area contributed by atoms with E-state index < -0.39 is 11.0 Å². The fraction of sp³-hybridized carbons (Fsp3) is 0.0980. The van der Waals surface area contributed by atoms with Gasteiger partial charge in [0.05, 0.1) is 5.41 Å². The number of aryl methyl sites for hydroxylation is 1. The lowest BCUT2D eigenvalue weighted by atomic mass is 9.66. The predicted octanol–water partition coefficient (Wildman–Crippen LogP) is 11.7. The highest BCUT2D eigenvalue weighted by molar-refractivity contribution is 6.47. The average molecular weight is 699 g/mol. The van der Waals surface area contributed by atoms with Gasteiger partial charge in [0.25, 0.3) is 0 Å². The highest BCUT2D eigenvalue weighted by atomic mass is 16.5. The third-order valence-electron chi connectivity index (χ3n) is 11.2. The van der Waals surface area contributed by atoms with E-state index in [1.54, 1.807) is 0 Å². The Morgan fingerprint density at radius 3 is 2.00 bits per heavy atom.